The van der Waals surface area contributed by atoms with Crippen molar-refractivity contribution in [3.05, 3.63) is 22.5 Å². The Kier molecular flexibility index (Phi) is 3.87. The minimum Gasteiger partial charge on any atom is -0.449 e. The largest absolute Gasteiger partial charge is 0.449 e. The summed E-state index contributed by atoms with van der Waals surface area (Å²) < 4.78 is 4.91. The minimum atomic E-state index is -0.871. The Morgan fingerprint density at radius 2 is 1.70 bits per heavy atom. The van der Waals surface area contributed by atoms with Crippen molar-refractivity contribution in [1.82, 2.24) is 9.80 Å². The molecule has 124 valence electrons. The van der Waals surface area contributed by atoms with Gasteiger partial charge in [0.2, 0.25) is 11.6 Å². The van der Waals surface area contributed by atoms with Crippen LogP contribution in [0.25, 0.3) is 0 Å². The van der Waals surface area contributed by atoms with Crippen molar-refractivity contribution in [2.75, 3.05) is 32.8 Å². The molecule has 1 atom stereocenters. The first kappa shape index (κ1) is 15.6. The van der Waals surface area contributed by atoms with Crippen molar-refractivity contribution >= 4 is 17.7 Å². The summed E-state index contributed by atoms with van der Waals surface area (Å²) in [5, 5.41) is 0. The molecule has 3 aliphatic rings. The number of hydrogen-bond donors (Lipinski definition) is 1. The molecule has 0 aromatic heterocycles. The molecule has 0 aromatic carbocycles. The van der Waals surface area contributed by atoms with Gasteiger partial charge in [-0.05, 0) is 13.3 Å². The van der Waals surface area contributed by atoms with Gasteiger partial charge < -0.3 is 20.3 Å². The minimum absolute atomic E-state index is 0.0177. The van der Waals surface area contributed by atoms with E-state index in [9.17, 15) is 14.4 Å². The molecule has 7 heteroatoms. The molecule has 0 saturated carbocycles. The van der Waals surface area contributed by atoms with Crippen molar-refractivity contribution in [2.45, 2.75) is 20.3 Å². The number of ketones is 2. The van der Waals surface area contributed by atoms with Crippen molar-refractivity contribution in [2.24, 2.45) is 11.7 Å². The van der Waals surface area contributed by atoms with Gasteiger partial charge in [0.1, 0.15) is 6.61 Å². The monoisotopic (exact) mass is 319 g/mol. The van der Waals surface area contributed by atoms with Crippen molar-refractivity contribution in [3.63, 3.8) is 0 Å². The highest BCUT2D eigenvalue weighted by Gasteiger charge is 2.44. The number of rotatable bonds is 6. The lowest BCUT2D eigenvalue weighted by Gasteiger charge is -2.28. The highest BCUT2D eigenvalue weighted by atomic mass is 16.5. The molecule has 2 N–H and O–H groups in total. The predicted octanol–water partition coefficient (Wildman–Crippen LogP) is 0.419. The Morgan fingerprint density at radius 3 is 2.17 bits per heavy atom. The van der Waals surface area contributed by atoms with Crippen LogP contribution in [0.3, 0.4) is 0 Å². The summed E-state index contributed by atoms with van der Waals surface area (Å²) in [6, 6.07) is 0. The summed E-state index contributed by atoms with van der Waals surface area (Å²) in [5.74, 6) is -0.518. The average molecular weight is 319 g/mol. The molecule has 0 bridgehead atoms. The maximum absolute atomic E-state index is 13.0. The Bertz CT molecular complexity index is 642. The first-order valence-electron chi connectivity index (χ1n) is 7.92. The van der Waals surface area contributed by atoms with Gasteiger partial charge in [0.05, 0.1) is 11.4 Å². The molecule has 0 spiro atoms. The number of ether oxygens (including phenoxy) is 1. The first-order chi connectivity index (χ1) is 11.0. The third kappa shape index (κ3) is 2.83. The van der Waals surface area contributed by atoms with Gasteiger partial charge in [0, 0.05) is 43.2 Å². The van der Waals surface area contributed by atoms with Gasteiger partial charge in [-0.15, -0.1) is 0 Å². The van der Waals surface area contributed by atoms with Crippen molar-refractivity contribution in [3.8, 4) is 0 Å². The van der Waals surface area contributed by atoms with E-state index in [0.717, 1.165) is 26.2 Å². The maximum atomic E-state index is 13.0. The Morgan fingerprint density at radius 1 is 1.13 bits per heavy atom. The Balaban J connectivity index is 1.99. The lowest BCUT2D eigenvalue weighted by Crippen LogP contribution is -2.34. The van der Waals surface area contributed by atoms with Crippen molar-refractivity contribution < 1.29 is 19.1 Å². The highest BCUT2D eigenvalue weighted by Crippen LogP contribution is 2.37. The van der Waals surface area contributed by atoms with Gasteiger partial charge in [-0.25, -0.2) is 4.79 Å². The van der Waals surface area contributed by atoms with Gasteiger partial charge in [-0.2, -0.15) is 0 Å². The molecule has 2 aliphatic heterocycles. The fourth-order valence-corrected chi connectivity index (χ4v) is 3.02. The summed E-state index contributed by atoms with van der Waals surface area (Å²) in [6.45, 7) is 6.79. The van der Waals surface area contributed by atoms with Crippen LogP contribution in [0.4, 0.5) is 4.79 Å². The zero-order valence-corrected chi connectivity index (χ0v) is 13.4. The van der Waals surface area contributed by atoms with Crippen LogP contribution in [0.2, 0.25) is 0 Å². The zero-order valence-electron chi connectivity index (χ0n) is 13.4. The van der Waals surface area contributed by atoms with E-state index in [1.165, 1.54) is 0 Å². The number of Topliss-reactive ketones (excluding diaryl/α,β-unsaturated/α-hetero) is 2. The Labute approximate surface area is 134 Å². The van der Waals surface area contributed by atoms with Gasteiger partial charge in [0.15, 0.2) is 0 Å². The van der Waals surface area contributed by atoms with E-state index in [-0.39, 0.29) is 24.1 Å². The molecule has 2 fully saturated rings. The predicted molar refractivity (Wildman–Crippen MR) is 82.2 cm³/mol. The van der Waals surface area contributed by atoms with E-state index >= 15 is 0 Å². The van der Waals surface area contributed by atoms with Crippen molar-refractivity contribution in [1.29, 1.82) is 0 Å². The maximum Gasteiger partial charge on any atom is 0.404 e. The molecule has 2 saturated heterocycles. The van der Waals surface area contributed by atoms with Crippen LogP contribution in [0, 0.1) is 5.92 Å². The third-order valence-electron chi connectivity index (χ3n) is 4.48. The quantitative estimate of drug-likeness (QED) is 0.563. The second-order valence-electron chi connectivity index (χ2n) is 6.10. The van der Waals surface area contributed by atoms with Crippen LogP contribution >= 0.6 is 0 Å². The molecule has 1 unspecified atom stereocenters. The van der Waals surface area contributed by atoms with Gasteiger partial charge in [0.25, 0.3) is 0 Å². The van der Waals surface area contributed by atoms with E-state index in [0.29, 0.717) is 29.0 Å². The molecule has 3 rings (SSSR count). The standard InChI is InChI=1S/C16H21N3O4/c1-3-10(8-23-16(17)22)11-13(19-6-7-19)14(20)9(2)12(15(11)21)18-4-5-18/h10H,3-8H2,1-2H3,(H2,17,22). The van der Waals surface area contributed by atoms with Crippen LogP contribution in [0.5, 0.6) is 0 Å². The number of carbonyl (C=O) groups is 3. The van der Waals surface area contributed by atoms with E-state index in [2.05, 4.69) is 0 Å². The fraction of sp³-hybridized carbons (Fsp3) is 0.562. The second kappa shape index (κ2) is 5.72. The average Bonchev–Trinajstić information content (AvgIpc) is 3.36. The summed E-state index contributed by atoms with van der Waals surface area (Å²) in [5.41, 5.74) is 7.03. The number of nitrogens with zero attached hydrogens (tertiary/aromatic N) is 2. The summed E-state index contributed by atoms with van der Waals surface area (Å²) >= 11 is 0. The number of hydrogen-bond acceptors (Lipinski definition) is 6. The van der Waals surface area contributed by atoms with E-state index in [1.54, 1.807) is 6.92 Å². The normalized spacial score (nSPS) is 21.8. The summed E-state index contributed by atoms with van der Waals surface area (Å²) in [7, 11) is 0. The lowest BCUT2D eigenvalue weighted by molar-refractivity contribution is -0.118. The Hall–Kier alpha value is -2.31. The lowest BCUT2D eigenvalue weighted by atomic mass is 9.83. The SMILES string of the molecule is CCC(COC(N)=O)C1=C(N2CC2)C(=O)C(C)=C(N2CC2)C1=O. The molecule has 1 aliphatic carbocycles. The number of nitrogens with two attached hydrogens (primary N) is 1. The van der Waals surface area contributed by atoms with Crippen LogP contribution < -0.4 is 5.73 Å². The first-order valence-corrected chi connectivity index (χ1v) is 7.92. The van der Waals surface area contributed by atoms with E-state index in [1.807, 2.05) is 16.7 Å². The van der Waals surface area contributed by atoms with Crippen LogP contribution in [-0.2, 0) is 14.3 Å². The number of allylic oxidation sites excluding steroid dienone is 2. The molecule has 2 heterocycles. The smallest absolute Gasteiger partial charge is 0.404 e. The molecule has 23 heavy (non-hydrogen) atoms. The molecule has 7 nitrogen and oxygen atoms in total. The van der Waals surface area contributed by atoms with Gasteiger partial charge in [-0.3, -0.25) is 9.59 Å². The number of carbonyl (C=O) groups excluding carboxylic acids is 3. The van der Waals surface area contributed by atoms with E-state index in [4.69, 9.17) is 10.5 Å². The molecule has 0 aromatic rings. The molecule has 1 amide bonds. The number of primary amides is 1. The topological polar surface area (TPSA) is 92.5 Å². The van der Waals surface area contributed by atoms with Crippen LogP contribution in [0.1, 0.15) is 20.3 Å². The summed E-state index contributed by atoms with van der Waals surface area (Å²) in [4.78, 5) is 40.6. The van der Waals surface area contributed by atoms with Gasteiger partial charge in [-0.1, -0.05) is 6.92 Å². The molecular weight excluding hydrogens is 298 g/mol. The summed E-state index contributed by atoms with van der Waals surface area (Å²) in [6.07, 6.45) is -0.282. The van der Waals surface area contributed by atoms with E-state index < -0.39 is 6.09 Å². The second-order valence-corrected chi connectivity index (χ2v) is 6.10. The fourth-order valence-electron chi connectivity index (χ4n) is 3.02. The zero-order chi connectivity index (χ0) is 16.7. The highest BCUT2D eigenvalue weighted by molar-refractivity contribution is 6.25. The van der Waals surface area contributed by atoms with Crippen LogP contribution in [-0.4, -0.2) is 60.2 Å². The van der Waals surface area contributed by atoms with Crippen LogP contribution in [0.15, 0.2) is 22.5 Å². The van der Waals surface area contributed by atoms with Gasteiger partial charge >= 0.3 is 6.09 Å². The molecule has 0 radical (unpaired) electrons. The number of amides is 1. The molecular formula is C16H21N3O4. The third-order valence-corrected chi connectivity index (χ3v) is 4.48.